The molecular formula is C12H18Cl2SSeSiTe. The molecule has 0 N–H and O–H groups in total. The van der Waals surface area contributed by atoms with Gasteiger partial charge in [0.1, 0.15) is 0 Å². The molecule has 0 saturated heterocycles. The predicted octanol–water partition coefficient (Wildman–Crippen LogP) is 3.75. The molecule has 0 spiro atoms. The van der Waals surface area contributed by atoms with Gasteiger partial charge in [-0.25, -0.2) is 0 Å². The normalized spacial score (nSPS) is 20.6. The van der Waals surface area contributed by atoms with Gasteiger partial charge in [0.25, 0.3) is 0 Å². The summed E-state index contributed by atoms with van der Waals surface area (Å²) in [7, 11) is 13.4. The summed E-state index contributed by atoms with van der Waals surface area (Å²) in [6, 6.07) is 6.75. The predicted molar refractivity (Wildman–Crippen MR) is 92.0 cm³/mol. The van der Waals surface area contributed by atoms with Crippen LogP contribution in [-0.2, 0) is 0 Å². The van der Waals surface area contributed by atoms with Crippen LogP contribution < -0.4 is 9.65 Å². The van der Waals surface area contributed by atoms with Crippen LogP contribution in [0.1, 0.15) is 20.8 Å². The van der Waals surface area contributed by atoms with E-state index in [2.05, 4.69) is 52.1 Å². The summed E-state index contributed by atoms with van der Waals surface area (Å²) < 4.78 is 1.46. The first kappa shape index (κ1) is 16.1. The maximum atomic E-state index is 6.53. The van der Waals surface area contributed by atoms with E-state index in [1.165, 1.54) is 9.36 Å². The summed E-state index contributed by atoms with van der Waals surface area (Å²) in [6.07, 6.45) is 0. The number of rotatable bonds is 1. The molecule has 0 radical (unpaired) electrons. The van der Waals surface area contributed by atoms with E-state index < -0.39 is 20.4 Å². The van der Waals surface area contributed by atoms with Gasteiger partial charge in [0.2, 0.25) is 0 Å². The maximum absolute atomic E-state index is 6.53. The van der Waals surface area contributed by atoms with E-state index in [-0.39, 0.29) is 0 Å². The topological polar surface area (TPSA) is 0 Å². The van der Waals surface area contributed by atoms with Crippen molar-refractivity contribution in [2.45, 2.75) is 43.8 Å². The van der Waals surface area contributed by atoms with Crippen LogP contribution in [0.15, 0.2) is 23.1 Å². The first-order valence-electron chi connectivity index (χ1n) is 5.79. The third-order valence-electron chi connectivity index (χ3n) is 3.89. The molecule has 1 aliphatic heterocycles. The number of hydrogen-bond acceptors (Lipinski definition) is 1. The number of benzene rings is 1. The van der Waals surface area contributed by atoms with Gasteiger partial charge in [-0.1, -0.05) is 0 Å². The second-order valence-electron chi connectivity index (χ2n) is 6.05. The molecule has 1 aromatic carbocycles. The zero-order valence-electron chi connectivity index (χ0n) is 11.2. The minimum atomic E-state index is -2.60. The Kier molecular flexibility index (Phi) is 4.59. The van der Waals surface area contributed by atoms with Crippen molar-refractivity contribution in [2.75, 3.05) is 0 Å². The summed E-state index contributed by atoms with van der Waals surface area (Å²) in [5.74, 6) is 0. The van der Waals surface area contributed by atoms with Gasteiger partial charge in [-0.2, -0.15) is 0 Å². The van der Waals surface area contributed by atoms with E-state index >= 15 is 0 Å². The van der Waals surface area contributed by atoms with Crippen LogP contribution in [-0.4, -0.2) is 32.2 Å². The molecule has 0 aromatic heterocycles. The van der Waals surface area contributed by atoms with Gasteiger partial charge in [0.05, 0.1) is 0 Å². The summed E-state index contributed by atoms with van der Waals surface area (Å²) in [5.41, 5.74) is 0. The van der Waals surface area contributed by atoms with Gasteiger partial charge in [0.15, 0.2) is 0 Å². The van der Waals surface area contributed by atoms with Crippen molar-refractivity contribution in [3.63, 3.8) is 0 Å². The monoisotopic (exact) mass is 502 g/mol. The van der Waals surface area contributed by atoms with Crippen LogP contribution in [0.25, 0.3) is 0 Å². The van der Waals surface area contributed by atoms with E-state index in [0.29, 0.717) is 16.8 Å². The van der Waals surface area contributed by atoms with E-state index in [4.69, 9.17) is 17.9 Å². The number of halogens is 2. The van der Waals surface area contributed by atoms with Gasteiger partial charge in [-0.15, -0.1) is 0 Å². The Balaban J connectivity index is 2.54. The molecule has 0 saturated carbocycles. The fourth-order valence-electron chi connectivity index (χ4n) is 1.78. The standard InChI is InChI=1S/C12H18Cl2SSeSiTe/c1-12(2,3)17(4,5)10-8-6-7-9-11(10)15-18(13,14)16-9/h6-8H,1-5H3. The molecule has 0 aliphatic carbocycles. The molecule has 0 unspecified atom stereocenters. The van der Waals surface area contributed by atoms with Gasteiger partial charge in [-0.3, -0.25) is 0 Å². The van der Waals surface area contributed by atoms with Gasteiger partial charge < -0.3 is 0 Å². The fourth-order valence-corrected chi connectivity index (χ4v) is 32.5. The Morgan fingerprint density at radius 2 is 1.83 bits per heavy atom. The Morgan fingerprint density at radius 1 is 1.22 bits per heavy atom. The average molecular weight is 500 g/mol. The molecule has 0 atom stereocenters. The van der Waals surface area contributed by atoms with Gasteiger partial charge in [0, 0.05) is 0 Å². The molecule has 1 aliphatic rings. The molecule has 0 amide bonds. The van der Waals surface area contributed by atoms with Crippen molar-refractivity contribution in [3.05, 3.63) is 18.2 Å². The molecule has 0 bridgehead atoms. The van der Waals surface area contributed by atoms with Crippen molar-refractivity contribution < 1.29 is 0 Å². The summed E-state index contributed by atoms with van der Waals surface area (Å²) in [5, 5.41) is 1.92. The zero-order valence-corrected chi connectivity index (χ0v) is 18.6. The number of hydrogen-bond donors (Lipinski definition) is 0. The number of fused-ring (bicyclic) bond motifs is 1. The minimum absolute atomic E-state index is 0.337. The zero-order chi connectivity index (χ0) is 13.8. The molecule has 6 heteroatoms. The first-order valence-corrected chi connectivity index (χ1v) is 24.8. The fraction of sp³-hybridized carbons (Fsp3) is 0.500. The molecule has 0 fully saturated rings. The van der Waals surface area contributed by atoms with E-state index in [1.807, 2.05) is 8.99 Å². The van der Waals surface area contributed by atoms with Crippen LogP contribution in [0.5, 0.6) is 0 Å². The second kappa shape index (κ2) is 5.15. The quantitative estimate of drug-likeness (QED) is 0.531. The average Bonchev–Trinajstić information content (AvgIpc) is 2.48. The third kappa shape index (κ3) is 2.97. The molecule has 1 heterocycles. The summed E-state index contributed by atoms with van der Waals surface area (Å²) >= 11 is -2.26. The third-order valence-corrected chi connectivity index (χ3v) is 33.0. The second-order valence-corrected chi connectivity index (χ2v) is 48.1. The van der Waals surface area contributed by atoms with Crippen molar-refractivity contribution in [3.8, 4) is 0 Å². The van der Waals surface area contributed by atoms with Crippen molar-refractivity contribution in [2.24, 2.45) is 0 Å². The van der Waals surface area contributed by atoms with Crippen LogP contribution in [0.4, 0.5) is 0 Å². The summed E-state index contributed by atoms with van der Waals surface area (Å²) in [4.78, 5) is 1.45. The molecule has 2 rings (SSSR count). The van der Waals surface area contributed by atoms with Gasteiger partial charge in [-0.05, 0) is 0 Å². The molecule has 102 valence electrons. The van der Waals surface area contributed by atoms with Crippen molar-refractivity contribution in [1.29, 1.82) is 0 Å². The van der Waals surface area contributed by atoms with E-state index in [0.717, 1.165) is 0 Å². The molecular weight excluding hydrogens is 482 g/mol. The summed E-state index contributed by atoms with van der Waals surface area (Å²) in [6.45, 7) is 12.0. The molecule has 1 aromatic rings. The Hall–Kier alpha value is 1.68. The van der Waals surface area contributed by atoms with E-state index in [9.17, 15) is 0 Å². The van der Waals surface area contributed by atoms with Crippen molar-refractivity contribution in [1.82, 2.24) is 0 Å². The molecule has 18 heavy (non-hydrogen) atoms. The Labute approximate surface area is 129 Å². The Morgan fingerprint density at radius 3 is 2.39 bits per heavy atom. The van der Waals surface area contributed by atoms with Crippen LogP contribution in [0.2, 0.25) is 18.1 Å². The van der Waals surface area contributed by atoms with Crippen LogP contribution >= 0.6 is 26.9 Å². The Bertz CT molecular complexity index is 485. The first-order chi connectivity index (χ1) is 8.05. The van der Waals surface area contributed by atoms with E-state index in [1.54, 1.807) is 5.19 Å². The molecule has 0 nitrogen and oxygen atoms in total. The van der Waals surface area contributed by atoms with Crippen molar-refractivity contribution >= 4 is 68.8 Å². The van der Waals surface area contributed by atoms with Crippen LogP contribution in [0.3, 0.4) is 0 Å². The SMILES string of the molecule is CC(C)(C)[Si](C)(C)c1cccc2c1S[Te](Cl)(Cl)[Se]2. The van der Waals surface area contributed by atoms with Crippen LogP contribution in [0, 0.1) is 0 Å². The van der Waals surface area contributed by atoms with Gasteiger partial charge >= 0.3 is 131 Å².